The Morgan fingerprint density at radius 2 is 2.38 bits per heavy atom. The third kappa shape index (κ3) is 2.54. The molecule has 0 saturated carbocycles. The minimum absolute atomic E-state index is 0.115. The zero-order chi connectivity index (χ0) is 6.57. The molecule has 0 aromatic rings. The Morgan fingerprint density at radius 3 is 2.50 bits per heavy atom. The standard InChI is InChI=1S/C4H10N2O2/c1-2-3-4(7)6(5)8/h8H,2-3,5H2,1H3. The first kappa shape index (κ1) is 7.39. The Kier molecular flexibility index (Phi) is 3.14. The molecule has 0 aliphatic carbocycles. The van der Waals surface area contributed by atoms with E-state index in [1.165, 1.54) is 0 Å². The van der Waals surface area contributed by atoms with Crippen molar-refractivity contribution in [1.29, 1.82) is 0 Å². The fourth-order valence-electron chi connectivity index (χ4n) is 0.328. The minimum Gasteiger partial charge on any atom is -0.271 e. The van der Waals surface area contributed by atoms with Crippen LogP contribution in [-0.2, 0) is 4.79 Å². The molecule has 0 spiro atoms. The number of carbonyl (C=O) groups is 1. The molecular weight excluding hydrogens is 108 g/mol. The molecule has 8 heavy (non-hydrogen) atoms. The lowest BCUT2D eigenvalue weighted by atomic mass is 10.3. The molecule has 0 bridgehead atoms. The molecule has 0 heterocycles. The van der Waals surface area contributed by atoms with E-state index in [4.69, 9.17) is 5.21 Å². The maximum atomic E-state index is 10.3. The summed E-state index contributed by atoms with van der Waals surface area (Å²) in [6.07, 6.45) is 1.00. The molecule has 0 aliphatic heterocycles. The van der Waals surface area contributed by atoms with Crippen molar-refractivity contribution in [2.75, 3.05) is 0 Å². The third-order valence-corrected chi connectivity index (χ3v) is 0.719. The average molecular weight is 118 g/mol. The van der Waals surface area contributed by atoms with Gasteiger partial charge < -0.3 is 0 Å². The molecule has 48 valence electrons. The first-order chi connectivity index (χ1) is 3.68. The molecule has 0 aromatic heterocycles. The second-order valence-corrected chi connectivity index (χ2v) is 1.49. The van der Waals surface area contributed by atoms with Crippen LogP contribution in [0, 0.1) is 0 Å². The quantitative estimate of drug-likeness (QED) is 0.230. The number of hydroxylamine groups is 1. The number of amides is 1. The van der Waals surface area contributed by atoms with Crippen LogP contribution in [0.1, 0.15) is 19.8 Å². The largest absolute Gasteiger partial charge is 0.271 e. The van der Waals surface area contributed by atoms with Gasteiger partial charge in [-0.1, -0.05) is 6.92 Å². The van der Waals surface area contributed by atoms with E-state index in [1.807, 2.05) is 6.92 Å². The van der Waals surface area contributed by atoms with E-state index >= 15 is 0 Å². The first-order valence-corrected chi connectivity index (χ1v) is 2.45. The molecule has 1 amide bonds. The molecule has 0 unspecified atom stereocenters. The molecular formula is C4H10N2O2. The predicted molar refractivity (Wildman–Crippen MR) is 27.7 cm³/mol. The first-order valence-electron chi connectivity index (χ1n) is 2.45. The summed E-state index contributed by atoms with van der Waals surface area (Å²) in [5.41, 5.74) is 0. The zero-order valence-electron chi connectivity index (χ0n) is 4.79. The highest BCUT2D eigenvalue weighted by Gasteiger charge is 2.01. The highest BCUT2D eigenvalue weighted by Crippen LogP contribution is 1.87. The van der Waals surface area contributed by atoms with Crippen molar-refractivity contribution in [3.8, 4) is 0 Å². The summed E-state index contributed by atoms with van der Waals surface area (Å²) in [4.78, 5) is 10.3. The number of nitrogens with zero attached hydrogens (tertiary/aromatic N) is 1. The van der Waals surface area contributed by atoms with Crippen molar-refractivity contribution in [2.45, 2.75) is 19.8 Å². The lowest BCUT2D eigenvalue weighted by molar-refractivity contribution is -0.166. The zero-order valence-corrected chi connectivity index (χ0v) is 4.79. The van der Waals surface area contributed by atoms with Crippen LogP contribution in [0.5, 0.6) is 0 Å². The van der Waals surface area contributed by atoms with Gasteiger partial charge in [0.25, 0.3) is 5.91 Å². The van der Waals surface area contributed by atoms with Gasteiger partial charge in [-0.3, -0.25) is 10.0 Å². The van der Waals surface area contributed by atoms with Crippen molar-refractivity contribution in [2.24, 2.45) is 5.84 Å². The summed E-state index contributed by atoms with van der Waals surface area (Å²) in [6, 6.07) is 0. The highest BCUT2D eigenvalue weighted by atomic mass is 16.5. The molecule has 0 rings (SSSR count). The van der Waals surface area contributed by atoms with Crippen LogP contribution >= 0.6 is 0 Å². The Hall–Kier alpha value is -0.610. The van der Waals surface area contributed by atoms with Gasteiger partial charge in [0.2, 0.25) is 0 Å². The molecule has 0 saturated heterocycles. The number of hydrogen-bond acceptors (Lipinski definition) is 3. The second-order valence-electron chi connectivity index (χ2n) is 1.49. The number of nitrogens with two attached hydrogens (primary N) is 1. The molecule has 0 radical (unpaired) electrons. The second kappa shape index (κ2) is 3.40. The summed E-state index contributed by atoms with van der Waals surface area (Å²) in [6.45, 7) is 1.83. The van der Waals surface area contributed by atoms with E-state index in [9.17, 15) is 4.79 Å². The monoisotopic (exact) mass is 118 g/mol. The molecule has 4 heteroatoms. The maximum absolute atomic E-state index is 10.3. The van der Waals surface area contributed by atoms with Crippen LogP contribution in [0.4, 0.5) is 0 Å². The lowest BCUT2D eigenvalue weighted by Gasteiger charge is -2.04. The van der Waals surface area contributed by atoms with Gasteiger partial charge in [0.05, 0.1) is 0 Å². The molecule has 0 aromatic carbocycles. The minimum atomic E-state index is -0.451. The fourth-order valence-corrected chi connectivity index (χ4v) is 0.328. The number of hydrogen-bond donors (Lipinski definition) is 2. The summed E-state index contributed by atoms with van der Waals surface area (Å²) < 4.78 is 0. The van der Waals surface area contributed by atoms with Crippen LogP contribution < -0.4 is 5.84 Å². The summed E-state index contributed by atoms with van der Waals surface area (Å²) in [7, 11) is 0. The Morgan fingerprint density at radius 1 is 1.88 bits per heavy atom. The van der Waals surface area contributed by atoms with E-state index in [0.29, 0.717) is 12.8 Å². The van der Waals surface area contributed by atoms with E-state index in [1.54, 1.807) is 0 Å². The normalized spacial score (nSPS) is 8.88. The Bertz CT molecular complexity index is 82.1. The van der Waals surface area contributed by atoms with Gasteiger partial charge in [-0.2, -0.15) is 5.17 Å². The van der Waals surface area contributed by atoms with Gasteiger partial charge >= 0.3 is 0 Å². The van der Waals surface area contributed by atoms with Crippen LogP contribution in [0.3, 0.4) is 0 Å². The van der Waals surface area contributed by atoms with Crippen LogP contribution in [0.25, 0.3) is 0 Å². The van der Waals surface area contributed by atoms with Gasteiger partial charge in [-0.25, -0.2) is 5.84 Å². The van der Waals surface area contributed by atoms with E-state index < -0.39 is 5.91 Å². The summed E-state index contributed by atoms with van der Waals surface area (Å²) in [5.74, 6) is 4.21. The van der Waals surface area contributed by atoms with Crippen LogP contribution in [0.2, 0.25) is 0 Å². The van der Waals surface area contributed by atoms with E-state index in [0.717, 1.165) is 0 Å². The topological polar surface area (TPSA) is 66.6 Å². The van der Waals surface area contributed by atoms with Crippen molar-refractivity contribution in [1.82, 2.24) is 5.17 Å². The van der Waals surface area contributed by atoms with Crippen molar-refractivity contribution in [3.05, 3.63) is 0 Å². The molecule has 4 nitrogen and oxygen atoms in total. The summed E-state index contributed by atoms with van der Waals surface area (Å²) in [5, 5.41) is 8.33. The van der Waals surface area contributed by atoms with Crippen molar-refractivity contribution >= 4 is 5.91 Å². The Labute approximate surface area is 47.8 Å². The molecule has 0 atom stereocenters. The van der Waals surface area contributed by atoms with Crippen LogP contribution in [-0.4, -0.2) is 16.3 Å². The third-order valence-electron chi connectivity index (χ3n) is 0.719. The SMILES string of the molecule is CCCC(=O)N(N)O. The number of rotatable bonds is 2. The average Bonchev–Trinajstić information content (AvgIpc) is 1.67. The van der Waals surface area contributed by atoms with E-state index in [2.05, 4.69) is 5.84 Å². The molecule has 3 N–H and O–H groups in total. The van der Waals surface area contributed by atoms with Crippen molar-refractivity contribution < 1.29 is 10.0 Å². The van der Waals surface area contributed by atoms with Gasteiger partial charge in [-0.15, -0.1) is 0 Å². The van der Waals surface area contributed by atoms with Crippen LogP contribution in [0.15, 0.2) is 0 Å². The fraction of sp³-hybridized carbons (Fsp3) is 0.750. The maximum Gasteiger partial charge on any atom is 0.260 e. The number of hydrazine groups is 1. The van der Waals surface area contributed by atoms with Gasteiger partial charge in [0, 0.05) is 6.42 Å². The lowest BCUT2D eigenvalue weighted by Crippen LogP contribution is -2.33. The molecule has 0 fully saturated rings. The van der Waals surface area contributed by atoms with Gasteiger partial charge in [0.1, 0.15) is 0 Å². The number of carbonyl (C=O) groups excluding carboxylic acids is 1. The predicted octanol–water partition coefficient (Wildman–Crippen LogP) is -0.122. The highest BCUT2D eigenvalue weighted by molar-refractivity contribution is 5.74. The smallest absolute Gasteiger partial charge is 0.260 e. The van der Waals surface area contributed by atoms with Gasteiger partial charge in [0.15, 0.2) is 0 Å². The van der Waals surface area contributed by atoms with Gasteiger partial charge in [-0.05, 0) is 6.42 Å². The summed E-state index contributed by atoms with van der Waals surface area (Å²) >= 11 is 0. The molecule has 0 aliphatic rings. The van der Waals surface area contributed by atoms with Crippen molar-refractivity contribution in [3.63, 3.8) is 0 Å². The van der Waals surface area contributed by atoms with E-state index in [-0.39, 0.29) is 5.17 Å². The Balaban J connectivity index is 3.33.